The van der Waals surface area contributed by atoms with E-state index in [9.17, 15) is 18.0 Å². The SMILES string of the molecule is CCNC(=O)[C@H](Cc1ccccc1)N(Cc1ccccc1)C(=O)CN(c1ccc(I)cc1)S(C)(=O)=O. The molecule has 0 aliphatic rings. The van der Waals surface area contributed by atoms with Gasteiger partial charge in [0.1, 0.15) is 12.6 Å². The highest BCUT2D eigenvalue weighted by Gasteiger charge is 2.32. The summed E-state index contributed by atoms with van der Waals surface area (Å²) in [4.78, 5) is 28.5. The van der Waals surface area contributed by atoms with Gasteiger partial charge in [0, 0.05) is 23.1 Å². The Kier molecular flexibility index (Phi) is 9.89. The smallest absolute Gasteiger partial charge is 0.244 e. The van der Waals surface area contributed by atoms with Crippen molar-refractivity contribution in [1.29, 1.82) is 0 Å². The number of rotatable bonds is 11. The molecule has 0 heterocycles. The van der Waals surface area contributed by atoms with Crippen LogP contribution in [0.3, 0.4) is 0 Å². The Morgan fingerprint density at radius 3 is 1.97 bits per heavy atom. The Morgan fingerprint density at radius 2 is 1.44 bits per heavy atom. The average molecular weight is 620 g/mol. The quantitative estimate of drug-likeness (QED) is 0.331. The molecule has 0 aliphatic carbocycles. The van der Waals surface area contributed by atoms with Crippen molar-refractivity contribution in [2.45, 2.75) is 25.9 Å². The zero-order chi connectivity index (χ0) is 26.1. The van der Waals surface area contributed by atoms with E-state index in [1.807, 2.05) is 67.6 Å². The highest BCUT2D eigenvalue weighted by atomic mass is 127. The molecule has 190 valence electrons. The van der Waals surface area contributed by atoms with Crippen LogP contribution in [-0.2, 0) is 32.6 Å². The lowest BCUT2D eigenvalue weighted by atomic mass is 10.0. The summed E-state index contributed by atoms with van der Waals surface area (Å²) in [6.45, 7) is 1.98. The molecule has 3 aromatic rings. The first-order chi connectivity index (χ1) is 17.2. The summed E-state index contributed by atoms with van der Waals surface area (Å²) in [5.41, 5.74) is 2.13. The van der Waals surface area contributed by atoms with Crippen LogP contribution in [0.5, 0.6) is 0 Å². The Balaban J connectivity index is 2.00. The van der Waals surface area contributed by atoms with Gasteiger partial charge < -0.3 is 10.2 Å². The highest BCUT2D eigenvalue weighted by molar-refractivity contribution is 14.1. The molecule has 9 heteroatoms. The Morgan fingerprint density at radius 1 is 0.889 bits per heavy atom. The van der Waals surface area contributed by atoms with Gasteiger partial charge >= 0.3 is 0 Å². The topological polar surface area (TPSA) is 86.8 Å². The van der Waals surface area contributed by atoms with Crippen molar-refractivity contribution in [1.82, 2.24) is 10.2 Å². The third-order valence-corrected chi connectivity index (χ3v) is 7.47. The van der Waals surface area contributed by atoms with Crippen LogP contribution >= 0.6 is 22.6 Å². The first kappa shape index (κ1) is 27.7. The summed E-state index contributed by atoms with van der Waals surface area (Å²) in [6.07, 6.45) is 1.37. The molecule has 7 nitrogen and oxygen atoms in total. The summed E-state index contributed by atoms with van der Waals surface area (Å²) < 4.78 is 27.4. The minimum atomic E-state index is -3.76. The zero-order valence-corrected chi connectivity index (χ0v) is 23.3. The maximum absolute atomic E-state index is 13.8. The van der Waals surface area contributed by atoms with Gasteiger partial charge in [0.25, 0.3) is 0 Å². The van der Waals surface area contributed by atoms with Crippen LogP contribution in [0.2, 0.25) is 0 Å². The zero-order valence-electron chi connectivity index (χ0n) is 20.3. The van der Waals surface area contributed by atoms with Crippen molar-refractivity contribution in [3.8, 4) is 0 Å². The van der Waals surface area contributed by atoms with Crippen molar-refractivity contribution in [3.05, 3.63) is 99.6 Å². The van der Waals surface area contributed by atoms with E-state index in [1.54, 1.807) is 24.3 Å². The van der Waals surface area contributed by atoms with E-state index in [2.05, 4.69) is 27.9 Å². The van der Waals surface area contributed by atoms with Gasteiger partial charge in [-0.3, -0.25) is 13.9 Å². The van der Waals surface area contributed by atoms with Crippen molar-refractivity contribution in [3.63, 3.8) is 0 Å². The summed E-state index contributed by atoms with van der Waals surface area (Å²) >= 11 is 2.14. The number of anilines is 1. The largest absolute Gasteiger partial charge is 0.355 e. The van der Waals surface area contributed by atoms with Gasteiger partial charge in [-0.1, -0.05) is 60.7 Å². The molecule has 1 N–H and O–H groups in total. The monoisotopic (exact) mass is 619 g/mol. The molecule has 0 radical (unpaired) electrons. The number of halogens is 1. The number of amides is 2. The minimum absolute atomic E-state index is 0.165. The van der Waals surface area contributed by atoms with E-state index >= 15 is 0 Å². The second-order valence-electron chi connectivity index (χ2n) is 8.35. The number of nitrogens with zero attached hydrogens (tertiary/aromatic N) is 2. The van der Waals surface area contributed by atoms with Crippen molar-refractivity contribution in [2.24, 2.45) is 0 Å². The van der Waals surface area contributed by atoms with Crippen LogP contribution in [0, 0.1) is 3.57 Å². The number of hydrogen-bond donors (Lipinski definition) is 1. The van der Waals surface area contributed by atoms with E-state index in [0.717, 1.165) is 25.3 Å². The van der Waals surface area contributed by atoms with Crippen LogP contribution in [-0.4, -0.2) is 50.5 Å². The van der Waals surface area contributed by atoms with Crippen LogP contribution in [0.1, 0.15) is 18.1 Å². The van der Waals surface area contributed by atoms with Crippen LogP contribution in [0.25, 0.3) is 0 Å². The lowest BCUT2D eigenvalue weighted by Crippen LogP contribution is -2.53. The highest BCUT2D eigenvalue weighted by Crippen LogP contribution is 2.21. The van der Waals surface area contributed by atoms with E-state index in [4.69, 9.17) is 0 Å². The predicted octanol–water partition coefficient (Wildman–Crippen LogP) is 3.83. The number of hydrogen-bond acceptors (Lipinski definition) is 4. The van der Waals surface area contributed by atoms with Crippen LogP contribution in [0.4, 0.5) is 5.69 Å². The number of likely N-dealkylation sites (N-methyl/N-ethyl adjacent to an activating group) is 1. The average Bonchev–Trinajstić information content (AvgIpc) is 2.86. The van der Waals surface area contributed by atoms with Gasteiger partial charge in [-0.05, 0) is 64.9 Å². The van der Waals surface area contributed by atoms with E-state index in [0.29, 0.717) is 18.7 Å². The first-order valence-corrected chi connectivity index (χ1v) is 14.5. The van der Waals surface area contributed by atoms with E-state index < -0.39 is 28.5 Å². The second kappa shape index (κ2) is 12.9. The lowest BCUT2D eigenvalue weighted by Gasteiger charge is -2.33. The van der Waals surface area contributed by atoms with Crippen LogP contribution < -0.4 is 9.62 Å². The number of benzene rings is 3. The minimum Gasteiger partial charge on any atom is -0.355 e. The lowest BCUT2D eigenvalue weighted by molar-refractivity contribution is -0.140. The second-order valence-corrected chi connectivity index (χ2v) is 11.5. The van der Waals surface area contributed by atoms with E-state index in [-0.39, 0.29) is 12.5 Å². The molecule has 0 saturated heterocycles. The molecule has 0 unspecified atom stereocenters. The molecule has 0 saturated carbocycles. The van der Waals surface area contributed by atoms with Gasteiger partial charge in [0.15, 0.2) is 0 Å². The maximum atomic E-state index is 13.8. The summed E-state index contributed by atoms with van der Waals surface area (Å²) in [6, 6.07) is 24.9. The van der Waals surface area contributed by atoms with Gasteiger partial charge in [-0.15, -0.1) is 0 Å². The third kappa shape index (κ3) is 7.79. The maximum Gasteiger partial charge on any atom is 0.244 e. The number of carbonyl (C=O) groups is 2. The molecule has 1 atom stereocenters. The summed E-state index contributed by atoms with van der Waals surface area (Å²) in [7, 11) is -3.76. The fraction of sp³-hybridized carbons (Fsp3) is 0.259. The molecule has 3 rings (SSSR count). The van der Waals surface area contributed by atoms with Crippen molar-refractivity contribution in [2.75, 3.05) is 23.7 Å². The summed E-state index contributed by atoms with van der Waals surface area (Å²) in [5, 5.41) is 2.84. The molecule has 2 amide bonds. The first-order valence-electron chi connectivity index (χ1n) is 11.6. The molecule has 3 aromatic carbocycles. The molecule has 0 spiro atoms. The summed E-state index contributed by atoms with van der Waals surface area (Å²) in [5.74, 6) is -0.749. The van der Waals surface area contributed by atoms with Crippen molar-refractivity contribution < 1.29 is 18.0 Å². The Labute approximate surface area is 226 Å². The Hall–Kier alpha value is -2.92. The van der Waals surface area contributed by atoms with Gasteiger partial charge in [-0.25, -0.2) is 8.42 Å². The normalized spacial score (nSPS) is 12.0. The molecule has 0 aliphatic heterocycles. The number of sulfonamides is 1. The molecule has 0 aromatic heterocycles. The van der Waals surface area contributed by atoms with Crippen LogP contribution in [0.15, 0.2) is 84.9 Å². The number of nitrogens with one attached hydrogen (secondary N) is 1. The fourth-order valence-electron chi connectivity index (χ4n) is 3.85. The van der Waals surface area contributed by atoms with Gasteiger partial charge in [0.2, 0.25) is 21.8 Å². The fourth-order valence-corrected chi connectivity index (χ4v) is 5.06. The Bertz CT molecular complexity index is 1250. The molecule has 0 bridgehead atoms. The van der Waals surface area contributed by atoms with E-state index in [1.165, 1.54) is 4.90 Å². The third-order valence-electron chi connectivity index (χ3n) is 5.61. The molecular weight excluding hydrogens is 589 g/mol. The molecule has 0 fully saturated rings. The number of carbonyl (C=O) groups excluding carboxylic acids is 2. The standard InChI is InChI=1S/C27H30IN3O4S/c1-3-29-27(33)25(18-21-10-6-4-7-11-21)30(19-22-12-8-5-9-13-22)26(32)20-31(36(2,34)35)24-16-14-23(28)15-17-24/h4-17,25H,3,18-20H2,1-2H3,(H,29,33)/t25-/m0/s1. The van der Waals surface area contributed by atoms with Gasteiger partial charge in [0.05, 0.1) is 11.9 Å². The predicted molar refractivity (Wildman–Crippen MR) is 151 cm³/mol. The van der Waals surface area contributed by atoms with Gasteiger partial charge in [-0.2, -0.15) is 0 Å². The molecular formula is C27H30IN3O4S. The van der Waals surface area contributed by atoms with Crippen molar-refractivity contribution >= 4 is 50.1 Å². The molecule has 36 heavy (non-hydrogen) atoms.